The summed E-state index contributed by atoms with van der Waals surface area (Å²) in [6.07, 6.45) is 2.59. The minimum atomic E-state index is 0.320. The molecule has 0 saturated carbocycles. The second-order valence-electron chi connectivity index (χ2n) is 4.52. The molecule has 6 nitrogen and oxygen atoms in total. The first kappa shape index (κ1) is 13.4. The van der Waals surface area contributed by atoms with E-state index in [1.165, 1.54) is 0 Å². The first-order valence-corrected chi connectivity index (χ1v) is 7.52. The molecule has 0 aliphatic carbocycles. The Balaban J connectivity index is 1.71. The van der Waals surface area contributed by atoms with Gasteiger partial charge in [0.2, 0.25) is 5.16 Å². The van der Waals surface area contributed by atoms with Gasteiger partial charge in [0.05, 0.1) is 18.9 Å². The minimum absolute atomic E-state index is 0.320. The number of rotatable bonds is 5. The van der Waals surface area contributed by atoms with Crippen LogP contribution in [0.3, 0.4) is 0 Å². The van der Waals surface area contributed by atoms with E-state index >= 15 is 0 Å². The Morgan fingerprint density at radius 3 is 2.95 bits per heavy atom. The first-order chi connectivity index (χ1) is 9.86. The number of benzene rings is 1. The Morgan fingerprint density at radius 1 is 1.40 bits per heavy atom. The second kappa shape index (κ2) is 6.23. The van der Waals surface area contributed by atoms with Gasteiger partial charge in [0.15, 0.2) is 0 Å². The molecule has 3 rings (SSSR count). The molecule has 1 aliphatic heterocycles. The van der Waals surface area contributed by atoms with Gasteiger partial charge in [-0.05, 0) is 47.5 Å². The van der Waals surface area contributed by atoms with Crippen molar-refractivity contribution in [3.8, 4) is 11.4 Å². The van der Waals surface area contributed by atoms with Gasteiger partial charge in [0, 0.05) is 12.4 Å². The molecule has 0 unspecified atom stereocenters. The third-order valence-electron chi connectivity index (χ3n) is 3.18. The van der Waals surface area contributed by atoms with Crippen LogP contribution < -0.4 is 4.74 Å². The van der Waals surface area contributed by atoms with Gasteiger partial charge in [-0.2, -0.15) is 4.68 Å². The Hall–Kier alpha value is -1.60. The maximum Gasteiger partial charge on any atom is 0.214 e. The molecule has 20 heavy (non-hydrogen) atoms. The van der Waals surface area contributed by atoms with E-state index in [2.05, 4.69) is 15.5 Å². The topological polar surface area (TPSA) is 62.1 Å². The van der Waals surface area contributed by atoms with Gasteiger partial charge < -0.3 is 9.47 Å². The van der Waals surface area contributed by atoms with E-state index in [0.717, 1.165) is 41.8 Å². The summed E-state index contributed by atoms with van der Waals surface area (Å²) >= 11 is 1.63. The van der Waals surface area contributed by atoms with Crippen molar-refractivity contribution >= 4 is 11.8 Å². The van der Waals surface area contributed by atoms with Crippen molar-refractivity contribution in [2.45, 2.75) is 24.1 Å². The number of aromatic nitrogens is 4. The highest BCUT2D eigenvalue weighted by molar-refractivity contribution is 7.99. The quantitative estimate of drug-likeness (QED) is 0.785. The molecule has 7 heteroatoms. The maximum absolute atomic E-state index is 5.61. The lowest BCUT2D eigenvalue weighted by Gasteiger charge is -2.08. The lowest BCUT2D eigenvalue weighted by molar-refractivity contribution is 0.129. The Kier molecular flexibility index (Phi) is 4.17. The van der Waals surface area contributed by atoms with E-state index in [9.17, 15) is 0 Å². The lowest BCUT2D eigenvalue weighted by atomic mass is 10.3. The van der Waals surface area contributed by atoms with E-state index in [-0.39, 0.29) is 0 Å². The molecule has 0 amide bonds. The maximum atomic E-state index is 5.61. The summed E-state index contributed by atoms with van der Waals surface area (Å²) < 4.78 is 12.5. The van der Waals surface area contributed by atoms with Crippen LogP contribution in [0.5, 0.6) is 5.75 Å². The van der Waals surface area contributed by atoms with Crippen LogP contribution >= 0.6 is 11.8 Å². The fourth-order valence-corrected chi connectivity index (χ4v) is 3.05. The highest BCUT2D eigenvalue weighted by Gasteiger charge is 2.18. The SMILES string of the molecule is COc1ccc(-n2nnnc2SC[C@@H]2CCCO2)cc1. The number of tetrazole rings is 1. The van der Waals surface area contributed by atoms with Crippen LogP contribution in [0.15, 0.2) is 29.4 Å². The molecule has 0 radical (unpaired) electrons. The predicted molar refractivity (Wildman–Crippen MR) is 75.4 cm³/mol. The van der Waals surface area contributed by atoms with Crippen LogP contribution in [0.4, 0.5) is 0 Å². The van der Waals surface area contributed by atoms with Crippen LogP contribution in [0.2, 0.25) is 0 Å². The van der Waals surface area contributed by atoms with E-state index in [0.29, 0.717) is 6.10 Å². The zero-order chi connectivity index (χ0) is 13.8. The fraction of sp³-hybridized carbons (Fsp3) is 0.462. The van der Waals surface area contributed by atoms with Gasteiger partial charge in [0.25, 0.3) is 0 Å². The van der Waals surface area contributed by atoms with Crippen molar-refractivity contribution in [3.63, 3.8) is 0 Å². The number of thioether (sulfide) groups is 1. The molecule has 1 aliphatic rings. The van der Waals surface area contributed by atoms with Gasteiger partial charge in [-0.3, -0.25) is 0 Å². The average molecular weight is 292 g/mol. The molecule has 1 fully saturated rings. The monoisotopic (exact) mass is 292 g/mol. The summed E-state index contributed by atoms with van der Waals surface area (Å²) in [5.41, 5.74) is 0.922. The highest BCUT2D eigenvalue weighted by atomic mass is 32.2. The molecule has 2 heterocycles. The summed E-state index contributed by atoms with van der Waals surface area (Å²) in [6.45, 7) is 0.870. The largest absolute Gasteiger partial charge is 0.497 e. The third-order valence-corrected chi connectivity index (χ3v) is 4.23. The van der Waals surface area contributed by atoms with E-state index in [1.807, 2.05) is 24.3 Å². The van der Waals surface area contributed by atoms with Gasteiger partial charge in [-0.15, -0.1) is 5.10 Å². The second-order valence-corrected chi connectivity index (χ2v) is 5.50. The van der Waals surface area contributed by atoms with Gasteiger partial charge in [-0.1, -0.05) is 11.8 Å². The number of methoxy groups -OCH3 is 1. The Labute approximate surface area is 121 Å². The summed E-state index contributed by atoms with van der Waals surface area (Å²) in [4.78, 5) is 0. The summed E-state index contributed by atoms with van der Waals surface area (Å²) in [5.74, 6) is 1.70. The van der Waals surface area contributed by atoms with Crippen LogP contribution in [0, 0.1) is 0 Å². The van der Waals surface area contributed by atoms with Crippen LogP contribution in [-0.4, -0.2) is 45.8 Å². The van der Waals surface area contributed by atoms with E-state index < -0.39 is 0 Å². The van der Waals surface area contributed by atoms with Gasteiger partial charge in [0.1, 0.15) is 5.75 Å². The van der Waals surface area contributed by atoms with Crippen LogP contribution in [0.1, 0.15) is 12.8 Å². The molecule has 1 aromatic carbocycles. The number of hydrogen-bond acceptors (Lipinski definition) is 6. The standard InChI is InChI=1S/C13H16N4O2S/c1-18-11-6-4-10(5-7-11)17-13(14-15-16-17)20-9-12-3-2-8-19-12/h4-7,12H,2-3,8-9H2,1H3/t12-/m0/s1. The highest BCUT2D eigenvalue weighted by Crippen LogP contribution is 2.24. The molecule has 0 spiro atoms. The Bertz CT molecular complexity index is 552. The van der Waals surface area contributed by atoms with E-state index in [4.69, 9.17) is 9.47 Å². The van der Waals surface area contributed by atoms with Crippen molar-refractivity contribution < 1.29 is 9.47 Å². The molecule has 0 N–H and O–H groups in total. The zero-order valence-corrected chi connectivity index (χ0v) is 12.0. The smallest absolute Gasteiger partial charge is 0.214 e. The lowest BCUT2D eigenvalue weighted by Crippen LogP contribution is -2.09. The van der Waals surface area contributed by atoms with Crippen LogP contribution in [0.25, 0.3) is 5.69 Å². The normalized spacial score (nSPS) is 18.4. The average Bonchev–Trinajstić information content (AvgIpc) is 3.16. The number of nitrogens with zero attached hydrogens (tertiary/aromatic N) is 4. The predicted octanol–water partition coefficient (Wildman–Crippen LogP) is 1.94. The van der Waals surface area contributed by atoms with Crippen molar-refractivity contribution in [2.24, 2.45) is 0 Å². The molecule has 1 atom stereocenters. The molecule has 1 aromatic heterocycles. The zero-order valence-electron chi connectivity index (χ0n) is 11.2. The fourth-order valence-electron chi connectivity index (χ4n) is 2.10. The van der Waals surface area contributed by atoms with E-state index in [1.54, 1.807) is 23.6 Å². The van der Waals surface area contributed by atoms with Gasteiger partial charge in [-0.25, -0.2) is 0 Å². The van der Waals surface area contributed by atoms with Crippen LogP contribution in [-0.2, 0) is 4.74 Å². The minimum Gasteiger partial charge on any atom is -0.497 e. The molecular formula is C13H16N4O2S. The van der Waals surface area contributed by atoms with Crippen molar-refractivity contribution in [1.29, 1.82) is 0 Å². The van der Waals surface area contributed by atoms with Crippen molar-refractivity contribution in [3.05, 3.63) is 24.3 Å². The molecule has 106 valence electrons. The first-order valence-electron chi connectivity index (χ1n) is 6.54. The molecule has 0 bridgehead atoms. The number of hydrogen-bond donors (Lipinski definition) is 0. The molecule has 1 saturated heterocycles. The third kappa shape index (κ3) is 2.94. The van der Waals surface area contributed by atoms with Crippen molar-refractivity contribution in [2.75, 3.05) is 19.5 Å². The number of ether oxygens (including phenoxy) is 2. The Morgan fingerprint density at radius 2 is 2.25 bits per heavy atom. The molecule has 2 aromatic rings. The molecular weight excluding hydrogens is 276 g/mol. The summed E-state index contributed by atoms with van der Waals surface area (Å²) in [6, 6.07) is 7.66. The summed E-state index contributed by atoms with van der Waals surface area (Å²) in [5, 5.41) is 12.7. The summed E-state index contributed by atoms with van der Waals surface area (Å²) in [7, 11) is 1.65. The van der Waals surface area contributed by atoms with Gasteiger partial charge >= 0.3 is 0 Å². The van der Waals surface area contributed by atoms with Crippen molar-refractivity contribution in [1.82, 2.24) is 20.2 Å².